The number of aromatic amines is 1. The molecule has 0 saturated heterocycles. The molecule has 0 aromatic carbocycles. The summed E-state index contributed by atoms with van der Waals surface area (Å²) in [5, 5.41) is 18.7. The number of hydrogen-bond acceptors (Lipinski definition) is 8. The van der Waals surface area contributed by atoms with Crippen molar-refractivity contribution in [2.75, 3.05) is 27.7 Å². The summed E-state index contributed by atoms with van der Waals surface area (Å²) in [6.07, 6.45) is 15.0. The fourth-order valence-corrected chi connectivity index (χ4v) is 13.1. The molecule has 58 heavy (non-hydrogen) atoms. The molecule has 7 rings (SSSR count). The molecule has 11 heteroatoms. The van der Waals surface area contributed by atoms with E-state index in [1.807, 2.05) is 28.1 Å². The van der Waals surface area contributed by atoms with E-state index in [0.29, 0.717) is 97.3 Å². The van der Waals surface area contributed by atoms with Gasteiger partial charge in [-0.2, -0.15) is 0 Å². The number of H-pyrrole nitrogens is 1. The van der Waals surface area contributed by atoms with E-state index in [9.17, 15) is 29.1 Å². The number of carbonyl (C=O) groups excluding carboxylic acids is 4. The van der Waals surface area contributed by atoms with Crippen LogP contribution in [0.1, 0.15) is 136 Å². The highest BCUT2D eigenvalue weighted by Crippen LogP contribution is 2.68. The number of fused-ring (bicyclic) bond motifs is 7. The number of allylic oxidation sites excluding steroid dienone is 2. The van der Waals surface area contributed by atoms with Crippen LogP contribution in [-0.4, -0.2) is 78.0 Å². The zero-order chi connectivity index (χ0) is 42.7. The van der Waals surface area contributed by atoms with Crippen molar-refractivity contribution in [3.05, 3.63) is 29.4 Å². The largest absolute Gasteiger partial charge is 0.481 e. The van der Waals surface area contributed by atoms with Crippen molar-refractivity contribution in [1.29, 1.82) is 0 Å². The van der Waals surface area contributed by atoms with Crippen LogP contribution in [0.3, 0.4) is 0 Å². The van der Waals surface area contributed by atoms with Crippen LogP contribution >= 0.6 is 0 Å². The maximum atomic E-state index is 13.8. The Morgan fingerprint density at radius 3 is 2.24 bits per heavy atom. The number of rotatable bonds is 11. The van der Waals surface area contributed by atoms with Gasteiger partial charge in [0.15, 0.2) is 17.9 Å². The highest BCUT2D eigenvalue weighted by molar-refractivity contribution is 6.01. The van der Waals surface area contributed by atoms with Crippen LogP contribution in [0, 0.1) is 75.9 Å². The topological polar surface area (TPSA) is 170 Å². The number of carboxylic acids is 1. The van der Waals surface area contributed by atoms with Crippen LogP contribution in [0.4, 0.5) is 0 Å². The summed E-state index contributed by atoms with van der Waals surface area (Å²) in [6.45, 7) is 16.0. The molecule has 1 aromatic heterocycles. The lowest BCUT2D eigenvalue weighted by atomic mass is 9.42. The van der Waals surface area contributed by atoms with Gasteiger partial charge in [-0.25, -0.2) is 4.98 Å². The second kappa shape index (κ2) is 18.6. The molecular weight excluding hydrogens is 731 g/mol. The van der Waals surface area contributed by atoms with Crippen LogP contribution in [0.2, 0.25) is 0 Å². The summed E-state index contributed by atoms with van der Waals surface area (Å²) in [4.78, 5) is 68.1. The fraction of sp³-hybridized carbons (Fsp3) is 0.787. The first-order valence-electron chi connectivity index (χ1n) is 22.4. The molecule has 12 atom stereocenters. The van der Waals surface area contributed by atoms with Crippen LogP contribution in [0.5, 0.6) is 0 Å². The first kappa shape index (κ1) is 45.9. The van der Waals surface area contributed by atoms with E-state index in [0.717, 1.165) is 31.3 Å². The van der Waals surface area contributed by atoms with Gasteiger partial charge in [0.2, 0.25) is 5.91 Å². The van der Waals surface area contributed by atoms with Gasteiger partial charge in [0, 0.05) is 55.1 Å². The summed E-state index contributed by atoms with van der Waals surface area (Å²) in [5.74, 6) is 3.88. The highest BCUT2D eigenvalue weighted by Gasteiger charge is 2.61. The molecule has 0 aliphatic heterocycles. The van der Waals surface area contributed by atoms with Gasteiger partial charge in [0.25, 0.3) is 0 Å². The monoisotopic (exact) mass is 806 g/mol. The van der Waals surface area contributed by atoms with Crippen LogP contribution < -0.4 is 16.0 Å². The number of aldehydes is 1. The summed E-state index contributed by atoms with van der Waals surface area (Å²) in [7, 11) is 5.67. The Hall–Kier alpha value is -3.18. The van der Waals surface area contributed by atoms with E-state index >= 15 is 0 Å². The molecule has 0 radical (unpaired) electrons. The molecule has 6 aliphatic carbocycles. The molecular formula is C47H75N5O6. The predicted octanol–water partition coefficient (Wildman–Crippen LogP) is 7.29. The van der Waals surface area contributed by atoms with Crippen molar-refractivity contribution in [3.8, 4) is 0 Å². The van der Waals surface area contributed by atoms with Crippen LogP contribution in [0.25, 0.3) is 0 Å². The minimum atomic E-state index is -0.755. The van der Waals surface area contributed by atoms with Gasteiger partial charge in [-0.3, -0.25) is 24.0 Å². The van der Waals surface area contributed by atoms with Crippen molar-refractivity contribution in [2.45, 2.75) is 131 Å². The SMILES string of the molecule is CNC.CNC(C)(C)CNC(=O)CC12CCC3C(CCC4C3CCC3C(C)C(CC(=O)C5CC(C(=O)O)C5C)CCC34C)C1=C(C(C)C)C(=O)C2.O=Cc1ncc[nH]1. The number of aliphatic carboxylic acids is 1. The van der Waals surface area contributed by atoms with Crippen molar-refractivity contribution in [3.63, 3.8) is 0 Å². The molecule has 324 valence electrons. The number of imidazole rings is 1. The number of nitrogens with zero attached hydrogens (tertiary/aromatic N) is 1. The lowest BCUT2D eigenvalue weighted by molar-refractivity contribution is -0.154. The number of carbonyl (C=O) groups is 5. The van der Waals surface area contributed by atoms with Crippen molar-refractivity contribution < 1.29 is 29.1 Å². The van der Waals surface area contributed by atoms with Gasteiger partial charge >= 0.3 is 5.97 Å². The molecule has 11 nitrogen and oxygen atoms in total. The van der Waals surface area contributed by atoms with Gasteiger partial charge in [-0.05, 0) is 157 Å². The molecule has 1 heterocycles. The summed E-state index contributed by atoms with van der Waals surface area (Å²) in [6, 6.07) is 0. The van der Waals surface area contributed by atoms with Crippen LogP contribution in [0.15, 0.2) is 23.5 Å². The molecule has 0 bridgehead atoms. The molecule has 5 N–H and O–H groups in total. The minimum Gasteiger partial charge on any atom is -0.481 e. The lowest BCUT2D eigenvalue weighted by Gasteiger charge is -2.63. The standard InChI is InChI=1S/C41H64N2O5.C4H4N2O.C2H7N/c1-22(2)36-34(45)19-41(20-35(46)43-21-39(5,6)42-8)16-14-26-27-9-11-31-23(3)25(17-33(44)29-18-30(24(29)4)38(47)48)13-15-40(31,7)32(27)12-10-28(26)37(36)41;7-3-4-5-1-2-6-4;1-3-2/h22-32,42H,9-21H2,1-8H3,(H,43,46)(H,47,48);1-3H,(H,5,6);3H,1-2H3. The first-order chi connectivity index (χ1) is 27.4. The van der Waals surface area contributed by atoms with Gasteiger partial charge in [-0.1, -0.05) is 40.2 Å². The average Bonchev–Trinajstić information content (AvgIpc) is 3.80. The highest BCUT2D eigenvalue weighted by atomic mass is 16.4. The molecule has 12 unspecified atom stereocenters. The molecule has 5 saturated carbocycles. The van der Waals surface area contributed by atoms with Crippen molar-refractivity contribution >= 4 is 29.7 Å². The Morgan fingerprint density at radius 2 is 1.67 bits per heavy atom. The van der Waals surface area contributed by atoms with Gasteiger partial charge < -0.3 is 26.0 Å². The number of carboxylic acid groups (broad SMARTS) is 1. The second-order valence-electron chi connectivity index (χ2n) is 20.4. The van der Waals surface area contributed by atoms with Crippen molar-refractivity contribution in [2.24, 2.45) is 75.9 Å². The predicted molar refractivity (Wildman–Crippen MR) is 227 cm³/mol. The Balaban J connectivity index is 0.000000566. The Labute approximate surface area is 347 Å². The quantitative estimate of drug-likeness (QED) is 0.144. The summed E-state index contributed by atoms with van der Waals surface area (Å²) in [5.41, 5.74) is 2.22. The third-order valence-electron chi connectivity index (χ3n) is 16.4. The number of hydrogen-bond donors (Lipinski definition) is 5. The average molecular weight is 806 g/mol. The van der Waals surface area contributed by atoms with Gasteiger partial charge in [0.1, 0.15) is 5.78 Å². The fourth-order valence-electron chi connectivity index (χ4n) is 13.1. The van der Waals surface area contributed by atoms with E-state index < -0.39 is 5.97 Å². The number of aromatic nitrogens is 2. The number of ketones is 2. The molecule has 1 amide bonds. The van der Waals surface area contributed by atoms with E-state index in [1.165, 1.54) is 37.5 Å². The smallest absolute Gasteiger partial charge is 0.306 e. The first-order valence-corrected chi connectivity index (χ1v) is 22.4. The molecule has 6 aliphatic rings. The number of likely N-dealkylation sites (N-methyl/N-ethyl adjacent to an activating group) is 1. The summed E-state index contributed by atoms with van der Waals surface area (Å²) >= 11 is 0. The lowest BCUT2D eigenvalue weighted by Crippen LogP contribution is -2.56. The Bertz CT molecular complexity index is 1670. The second-order valence-corrected chi connectivity index (χ2v) is 20.4. The maximum Gasteiger partial charge on any atom is 0.306 e. The van der Waals surface area contributed by atoms with Crippen LogP contribution in [-0.2, 0) is 19.2 Å². The van der Waals surface area contributed by atoms with Gasteiger partial charge in [0.05, 0.1) is 5.92 Å². The molecule has 5 fully saturated rings. The maximum absolute atomic E-state index is 13.8. The third kappa shape index (κ3) is 9.10. The Morgan fingerprint density at radius 1 is 0.983 bits per heavy atom. The minimum absolute atomic E-state index is 0.0413. The normalized spacial score (nSPS) is 36.4. The number of Topliss-reactive ketones (excluding diaryl/α,β-unsaturated/α-hetero) is 2. The molecule has 1 aromatic rings. The van der Waals surface area contributed by atoms with E-state index in [2.05, 4.69) is 67.5 Å². The number of nitrogens with one attached hydrogen (secondary N) is 4. The zero-order valence-electron chi connectivity index (χ0n) is 37.2. The third-order valence-corrected chi connectivity index (χ3v) is 16.4. The summed E-state index contributed by atoms with van der Waals surface area (Å²) < 4.78 is 0. The Kier molecular flexibility index (Phi) is 14.7. The molecule has 0 spiro atoms. The van der Waals surface area contributed by atoms with Crippen molar-refractivity contribution in [1.82, 2.24) is 25.9 Å². The van der Waals surface area contributed by atoms with Gasteiger partial charge in [-0.15, -0.1) is 0 Å². The van der Waals surface area contributed by atoms with E-state index in [-0.39, 0.29) is 45.9 Å². The zero-order valence-corrected chi connectivity index (χ0v) is 37.2. The number of amides is 1. The van der Waals surface area contributed by atoms with E-state index in [4.69, 9.17) is 0 Å². The van der Waals surface area contributed by atoms with E-state index in [1.54, 1.807) is 6.20 Å².